The number of benzene rings is 3. The van der Waals surface area contributed by atoms with Crippen LogP contribution in [0.1, 0.15) is 16.7 Å². The molecule has 12 heteroatoms. The van der Waals surface area contributed by atoms with Crippen molar-refractivity contribution in [2.45, 2.75) is 37.6 Å². The predicted molar refractivity (Wildman–Crippen MR) is 149 cm³/mol. The van der Waals surface area contributed by atoms with Crippen LogP contribution in [-0.4, -0.2) is 67.2 Å². The van der Waals surface area contributed by atoms with Crippen LogP contribution in [0.15, 0.2) is 69.0 Å². The lowest BCUT2D eigenvalue weighted by molar-refractivity contribution is 0.392. The molecule has 216 valence electrons. The molecule has 0 aliphatic carbocycles. The first-order valence-corrected chi connectivity index (χ1v) is 13.6. The van der Waals surface area contributed by atoms with Crippen molar-refractivity contribution in [3.63, 3.8) is 0 Å². The van der Waals surface area contributed by atoms with Gasteiger partial charge in [0, 0.05) is 24.8 Å². The molecule has 12 nitrogen and oxygen atoms in total. The molecule has 3 fully saturated rings. The fourth-order valence-corrected chi connectivity index (χ4v) is 5.37. The summed E-state index contributed by atoms with van der Waals surface area (Å²) in [5.41, 5.74) is -1.64. The van der Waals surface area contributed by atoms with E-state index in [1.165, 1.54) is 48.5 Å². The van der Waals surface area contributed by atoms with Crippen LogP contribution < -0.4 is 17.1 Å². The molecule has 0 bridgehead atoms. The summed E-state index contributed by atoms with van der Waals surface area (Å²) in [5, 5.41) is 33.0. The van der Waals surface area contributed by atoms with Crippen LogP contribution in [0.4, 0.5) is 0 Å². The molecule has 3 saturated heterocycles. The molecule has 1 aromatic heterocycles. The van der Waals surface area contributed by atoms with E-state index in [1.807, 2.05) is 0 Å². The van der Waals surface area contributed by atoms with Gasteiger partial charge in [0.2, 0.25) is 0 Å². The third-order valence-corrected chi connectivity index (χ3v) is 7.74. The summed E-state index contributed by atoms with van der Waals surface area (Å²) in [4.78, 5) is 42.0. The molecule has 0 amide bonds. The number of hydrogen-bond donors (Lipinski definition) is 3. The van der Waals surface area contributed by atoms with Gasteiger partial charge in [0.25, 0.3) is 0 Å². The molecular formula is C30H27N3O9. The standard InChI is InChI=1S/C30H27N3O9/c34-25-7-3-1-5-22(25)31-28(37)32(23-6-2-4-8-26(23)35)30(39)33(29(31)38)24-10-16(9-17-13-40-17)20(11-18-14-41-18)21(27(24)36)12-19-15-42-19/h1-8,10,17-19,34-36H,9,11-15H2. The number of para-hydroxylation sites is 4. The Labute approximate surface area is 237 Å². The van der Waals surface area contributed by atoms with E-state index in [-0.39, 0.29) is 52.6 Å². The number of nitrogens with zero attached hydrogens (tertiary/aromatic N) is 3. The smallest absolute Gasteiger partial charge is 0.345 e. The molecule has 3 atom stereocenters. The van der Waals surface area contributed by atoms with E-state index in [2.05, 4.69) is 0 Å². The molecule has 4 aromatic rings. The first-order chi connectivity index (χ1) is 20.3. The molecule has 7 rings (SSSR count). The van der Waals surface area contributed by atoms with Crippen molar-refractivity contribution in [3.05, 3.63) is 103 Å². The normalized spacial score (nSPS) is 20.4. The summed E-state index contributed by atoms with van der Waals surface area (Å²) < 4.78 is 18.4. The van der Waals surface area contributed by atoms with E-state index in [4.69, 9.17) is 14.2 Å². The van der Waals surface area contributed by atoms with E-state index < -0.39 is 17.1 Å². The summed E-state index contributed by atoms with van der Waals surface area (Å²) in [6.45, 7) is 1.68. The quantitative estimate of drug-likeness (QED) is 0.249. The zero-order chi connectivity index (χ0) is 29.1. The van der Waals surface area contributed by atoms with Gasteiger partial charge >= 0.3 is 17.1 Å². The third-order valence-electron chi connectivity index (χ3n) is 7.74. The molecule has 0 radical (unpaired) electrons. The fraction of sp³-hybridized carbons (Fsp3) is 0.300. The van der Waals surface area contributed by atoms with Gasteiger partial charge in [-0.25, -0.2) is 28.1 Å². The number of rotatable bonds is 9. The minimum absolute atomic E-state index is 0.00282. The number of aromatic nitrogens is 3. The van der Waals surface area contributed by atoms with Gasteiger partial charge in [-0.05, 0) is 41.5 Å². The Morgan fingerprint density at radius 1 is 0.595 bits per heavy atom. The predicted octanol–water partition coefficient (Wildman–Crippen LogP) is 1.08. The summed E-state index contributed by atoms with van der Waals surface area (Å²) >= 11 is 0. The number of phenolic OH excluding ortho intramolecular Hbond substituents is 3. The van der Waals surface area contributed by atoms with Crippen molar-refractivity contribution in [2.75, 3.05) is 19.8 Å². The average Bonchev–Trinajstić information content (AvgIpc) is 3.81. The zero-order valence-electron chi connectivity index (χ0n) is 22.3. The molecule has 3 N–H and O–H groups in total. The highest BCUT2D eigenvalue weighted by Gasteiger charge is 2.34. The molecule has 3 aromatic carbocycles. The number of aromatic hydroxyl groups is 3. The Bertz CT molecular complexity index is 1810. The lowest BCUT2D eigenvalue weighted by Gasteiger charge is -2.21. The van der Waals surface area contributed by atoms with Crippen molar-refractivity contribution in [1.82, 2.24) is 13.7 Å². The molecule has 3 aliphatic heterocycles. The monoisotopic (exact) mass is 573 g/mol. The van der Waals surface area contributed by atoms with Crippen molar-refractivity contribution >= 4 is 0 Å². The average molecular weight is 574 g/mol. The van der Waals surface area contributed by atoms with Crippen molar-refractivity contribution in [3.8, 4) is 34.3 Å². The van der Waals surface area contributed by atoms with Crippen molar-refractivity contribution < 1.29 is 29.5 Å². The number of phenols is 3. The van der Waals surface area contributed by atoms with Crippen LogP contribution in [0.3, 0.4) is 0 Å². The summed E-state index contributed by atoms with van der Waals surface area (Å²) in [6, 6.07) is 13.0. The second kappa shape index (κ2) is 10.0. The number of epoxide rings is 3. The first-order valence-electron chi connectivity index (χ1n) is 13.6. The van der Waals surface area contributed by atoms with Crippen LogP contribution in [0, 0.1) is 0 Å². The van der Waals surface area contributed by atoms with E-state index in [0.717, 1.165) is 11.1 Å². The van der Waals surface area contributed by atoms with Crippen molar-refractivity contribution in [1.29, 1.82) is 0 Å². The summed E-state index contributed by atoms with van der Waals surface area (Å²) in [6.07, 6.45) is 1.19. The van der Waals surface area contributed by atoms with Gasteiger partial charge in [-0.1, -0.05) is 24.3 Å². The van der Waals surface area contributed by atoms with Crippen LogP contribution in [0.2, 0.25) is 0 Å². The topological polar surface area (TPSA) is 164 Å². The maximum Gasteiger partial charge on any atom is 0.345 e. The van der Waals surface area contributed by atoms with E-state index in [1.54, 1.807) is 6.07 Å². The lowest BCUT2D eigenvalue weighted by atomic mass is 9.90. The Balaban J connectivity index is 1.56. The zero-order valence-corrected chi connectivity index (χ0v) is 22.3. The highest BCUT2D eigenvalue weighted by Crippen LogP contribution is 2.37. The van der Waals surface area contributed by atoms with Gasteiger partial charge in [-0.15, -0.1) is 0 Å². The van der Waals surface area contributed by atoms with Gasteiger partial charge in [-0.2, -0.15) is 0 Å². The first kappa shape index (κ1) is 26.3. The van der Waals surface area contributed by atoms with E-state index in [9.17, 15) is 29.7 Å². The minimum atomic E-state index is -1.11. The molecule has 3 unspecified atom stereocenters. The van der Waals surface area contributed by atoms with E-state index >= 15 is 0 Å². The third kappa shape index (κ3) is 4.69. The molecule has 4 heterocycles. The molecule has 42 heavy (non-hydrogen) atoms. The summed E-state index contributed by atoms with van der Waals surface area (Å²) in [5.74, 6) is -1.06. The summed E-state index contributed by atoms with van der Waals surface area (Å²) in [7, 11) is 0. The van der Waals surface area contributed by atoms with Crippen LogP contribution in [0.25, 0.3) is 17.1 Å². The SMILES string of the molecule is O=c1n(-c2ccccc2O)c(=O)n(-c2cc(CC3CO3)c(CC3CO3)c(CC3CO3)c2O)c(=O)n1-c1ccccc1O. The second-order valence-electron chi connectivity index (χ2n) is 10.7. The maximum atomic E-state index is 14.1. The van der Waals surface area contributed by atoms with Gasteiger partial charge in [0.05, 0.1) is 55.2 Å². The van der Waals surface area contributed by atoms with Crippen LogP contribution in [0.5, 0.6) is 17.2 Å². The minimum Gasteiger partial charge on any atom is -0.506 e. The molecule has 0 saturated carbocycles. The highest BCUT2D eigenvalue weighted by molar-refractivity contribution is 5.59. The number of ether oxygens (including phenoxy) is 3. The molecule has 0 spiro atoms. The Morgan fingerprint density at radius 3 is 1.45 bits per heavy atom. The molecular weight excluding hydrogens is 546 g/mol. The number of hydrogen-bond acceptors (Lipinski definition) is 9. The van der Waals surface area contributed by atoms with Gasteiger partial charge < -0.3 is 29.5 Å². The van der Waals surface area contributed by atoms with Gasteiger partial charge in [-0.3, -0.25) is 0 Å². The van der Waals surface area contributed by atoms with E-state index in [0.29, 0.717) is 58.3 Å². The maximum absolute atomic E-state index is 14.1. The Morgan fingerprint density at radius 2 is 1.00 bits per heavy atom. The van der Waals surface area contributed by atoms with Gasteiger partial charge in [0.1, 0.15) is 17.2 Å². The largest absolute Gasteiger partial charge is 0.506 e. The van der Waals surface area contributed by atoms with Crippen LogP contribution >= 0.6 is 0 Å². The Hall–Kier alpha value is -4.65. The second-order valence-corrected chi connectivity index (χ2v) is 10.7. The highest BCUT2D eigenvalue weighted by atomic mass is 16.6. The lowest BCUT2D eigenvalue weighted by Crippen LogP contribution is -2.52. The van der Waals surface area contributed by atoms with Gasteiger partial charge in [0.15, 0.2) is 0 Å². The van der Waals surface area contributed by atoms with Crippen LogP contribution in [-0.2, 0) is 33.5 Å². The fourth-order valence-electron chi connectivity index (χ4n) is 5.37. The Kier molecular flexibility index (Phi) is 6.26. The van der Waals surface area contributed by atoms with Crippen molar-refractivity contribution in [2.24, 2.45) is 0 Å². The molecule has 3 aliphatic rings.